The molecule has 0 bridgehead atoms. The fraction of sp³-hybridized carbons (Fsp3) is 0.750. The fourth-order valence-corrected chi connectivity index (χ4v) is 0.598. The van der Waals surface area contributed by atoms with Crippen LogP contribution in [0.4, 0.5) is 13.2 Å². The van der Waals surface area contributed by atoms with Crippen LogP contribution in [0.2, 0.25) is 0 Å². The van der Waals surface area contributed by atoms with Crippen LogP contribution in [0.3, 0.4) is 0 Å². The molecule has 0 rings (SSSR count). The molecule has 2 nitrogen and oxygen atoms in total. The highest BCUT2D eigenvalue weighted by molar-refractivity contribution is 4.92. The molecule has 0 aromatic heterocycles. The van der Waals surface area contributed by atoms with Crippen LogP contribution in [-0.4, -0.2) is 26.2 Å². The second kappa shape index (κ2) is 5.24. The zero-order valence-corrected chi connectivity index (χ0v) is 7.81. The van der Waals surface area contributed by atoms with Gasteiger partial charge >= 0.3 is 6.18 Å². The van der Waals surface area contributed by atoms with Crippen molar-refractivity contribution in [1.82, 2.24) is 0 Å². The Morgan fingerprint density at radius 2 is 1.92 bits per heavy atom. The van der Waals surface area contributed by atoms with E-state index < -0.39 is 12.5 Å². The molecular formula is C8H13F3O2. The van der Waals surface area contributed by atoms with Crippen molar-refractivity contribution in [2.75, 3.05) is 13.7 Å². The molecular weight excluding hydrogens is 185 g/mol. The summed E-state index contributed by atoms with van der Waals surface area (Å²) >= 11 is 0. The number of halogens is 3. The molecule has 0 amide bonds. The first-order chi connectivity index (χ1) is 5.88. The van der Waals surface area contributed by atoms with Crippen molar-refractivity contribution >= 4 is 0 Å². The van der Waals surface area contributed by atoms with E-state index >= 15 is 0 Å². The minimum atomic E-state index is -4.47. The molecule has 0 aromatic rings. The SMILES string of the molecule is COC(OCC=C(C)C)C(F)(F)F. The molecule has 78 valence electrons. The highest BCUT2D eigenvalue weighted by Crippen LogP contribution is 2.23. The van der Waals surface area contributed by atoms with Crippen molar-refractivity contribution in [1.29, 1.82) is 0 Å². The smallest absolute Gasteiger partial charge is 0.348 e. The van der Waals surface area contributed by atoms with E-state index in [-0.39, 0.29) is 6.61 Å². The van der Waals surface area contributed by atoms with Crippen LogP contribution in [-0.2, 0) is 9.47 Å². The van der Waals surface area contributed by atoms with Crippen molar-refractivity contribution in [3.8, 4) is 0 Å². The molecule has 0 fully saturated rings. The molecule has 0 aliphatic carbocycles. The molecule has 5 heteroatoms. The number of hydrogen-bond acceptors (Lipinski definition) is 2. The average molecular weight is 198 g/mol. The molecule has 1 unspecified atom stereocenters. The van der Waals surface area contributed by atoms with Gasteiger partial charge in [0.25, 0.3) is 6.29 Å². The number of rotatable bonds is 4. The Balaban J connectivity index is 3.94. The van der Waals surface area contributed by atoms with Gasteiger partial charge in [-0.2, -0.15) is 13.2 Å². The summed E-state index contributed by atoms with van der Waals surface area (Å²) in [5.74, 6) is 0. The molecule has 0 aliphatic heterocycles. The molecule has 0 aromatic carbocycles. The van der Waals surface area contributed by atoms with Gasteiger partial charge in [-0.05, 0) is 13.8 Å². The summed E-state index contributed by atoms with van der Waals surface area (Å²) in [6.45, 7) is 3.46. The third-order valence-electron chi connectivity index (χ3n) is 1.22. The monoisotopic (exact) mass is 198 g/mol. The summed E-state index contributed by atoms with van der Waals surface area (Å²) in [5.41, 5.74) is 0.900. The van der Waals surface area contributed by atoms with E-state index in [4.69, 9.17) is 0 Å². The fourth-order valence-electron chi connectivity index (χ4n) is 0.598. The number of hydrogen-bond donors (Lipinski definition) is 0. The maximum atomic E-state index is 12.0. The molecule has 0 N–H and O–H groups in total. The molecule has 0 heterocycles. The van der Waals surface area contributed by atoms with E-state index in [1.165, 1.54) is 0 Å². The first kappa shape index (κ1) is 12.4. The third-order valence-corrected chi connectivity index (χ3v) is 1.22. The van der Waals surface area contributed by atoms with Crippen molar-refractivity contribution < 1.29 is 22.6 Å². The van der Waals surface area contributed by atoms with Crippen LogP contribution in [0.5, 0.6) is 0 Å². The van der Waals surface area contributed by atoms with E-state index in [1.807, 2.05) is 0 Å². The Morgan fingerprint density at radius 1 is 1.38 bits per heavy atom. The third kappa shape index (κ3) is 5.65. The summed E-state index contributed by atoms with van der Waals surface area (Å²) < 4.78 is 44.5. The van der Waals surface area contributed by atoms with Gasteiger partial charge in [-0.1, -0.05) is 11.6 Å². The van der Waals surface area contributed by atoms with Crippen LogP contribution >= 0.6 is 0 Å². The molecule has 0 spiro atoms. The molecule has 0 saturated heterocycles. The van der Waals surface area contributed by atoms with Gasteiger partial charge in [0.05, 0.1) is 6.61 Å². The van der Waals surface area contributed by atoms with Crippen LogP contribution in [0, 0.1) is 0 Å². The summed E-state index contributed by atoms with van der Waals surface area (Å²) in [6.07, 6.45) is -5.05. The van der Waals surface area contributed by atoms with Crippen molar-refractivity contribution in [2.45, 2.75) is 26.3 Å². The van der Waals surface area contributed by atoms with Gasteiger partial charge in [0.2, 0.25) is 0 Å². The van der Waals surface area contributed by atoms with Crippen molar-refractivity contribution in [3.63, 3.8) is 0 Å². The predicted molar refractivity (Wildman–Crippen MR) is 42.2 cm³/mol. The van der Waals surface area contributed by atoms with Gasteiger partial charge in [0.15, 0.2) is 0 Å². The highest BCUT2D eigenvalue weighted by atomic mass is 19.4. The summed E-state index contributed by atoms with van der Waals surface area (Å²) in [5, 5.41) is 0. The van der Waals surface area contributed by atoms with Gasteiger partial charge in [-0.3, -0.25) is 0 Å². The van der Waals surface area contributed by atoms with E-state index in [0.717, 1.165) is 12.7 Å². The van der Waals surface area contributed by atoms with Gasteiger partial charge in [-0.15, -0.1) is 0 Å². The quantitative estimate of drug-likeness (QED) is 0.510. The number of ether oxygens (including phenoxy) is 2. The minimum absolute atomic E-state index is 0.0969. The first-order valence-electron chi connectivity index (χ1n) is 3.72. The van der Waals surface area contributed by atoms with Crippen LogP contribution < -0.4 is 0 Å². The lowest BCUT2D eigenvalue weighted by atomic mass is 10.3. The normalized spacial score (nSPS) is 14.0. The Hall–Kier alpha value is -0.550. The highest BCUT2D eigenvalue weighted by Gasteiger charge is 2.40. The molecule has 1 atom stereocenters. The van der Waals surface area contributed by atoms with Gasteiger partial charge in [0, 0.05) is 7.11 Å². The summed E-state index contributed by atoms with van der Waals surface area (Å²) in [4.78, 5) is 0. The van der Waals surface area contributed by atoms with Crippen molar-refractivity contribution in [2.24, 2.45) is 0 Å². The maximum absolute atomic E-state index is 12.0. The molecule has 0 saturated carbocycles. The van der Waals surface area contributed by atoms with E-state index in [0.29, 0.717) is 0 Å². The Morgan fingerprint density at radius 3 is 2.23 bits per heavy atom. The first-order valence-corrected chi connectivity index (χ1v) is 3.72. The van der Waals surface area contributed by atoms with Crippen molar-refractivity contribution in [3.05, 3.63) is 11.6 Å². The zero-order valence-electron chi connectivity index (χ0n) is 7.81. The van der Waals surface area contributed by atoms with E-state index in [1.54, 1.807) is 19.9 Å². The largest absolute Gasteiger partial charge is 0.440 e. The predicted octanol–water partition coefficient (Wildman–Crippen LogP) is 2.50. The summed E-state index contributed by atoms with van der Waals surface area (Å²) in [7, 11) is 0.959. The topological polar surface area (TPSA) is 18.5 Å². The Kier molecular flexibility index (Phi) is 5.02. The second-order valence-electron chi connectivity index (χ2n) is 2.72. The average Bonchev–Trinajstić information content (AvgIpc) is 1.95. The lowest BCUT2D eigenvalue weighted by Crippen LogP contribution is -2.33. The second-order valence-corrected chi connectivity index (χ2v) is 2.72. The van der Waals surface area contributed by atoms with E-state index in [9.17, 15) is 13.2 Å². The van der Waals surface area contributed by atoms with Crippen LogP contribution in [0.1, 0.15) is 13.8 Å². The number of alkyl halides is 3. The van der Waals surface area contributed by atoms with Gasteiger partial charge in [-0.25, -0.2) is 0 Å². The zero-order chi connectivity index (χ0) is 10.5. The summed E-state index contributed by atoms with van der Waals surface area (Å²) in [6, 6.07) is 0. The van der Waals surface area contributed by atoms with E-state index in [2.05, 4.69) is 9.47 Å². The standard InChI is InChI=1S/C8H13F3O2/c1-6(2)4-5-13-7(12-3)8(9,10)11/h4,7H,5H2,1-3H3. The van der Waals surface area contributed by atoms with Gasteiger partial charge in [0.1, 0.15) is 0 Å². The van der Waals surface area contributed by atoms with Gasteiger partial charge < -0.3 is 9.47 Å². The molecule has 13 heavy (non-hydrogen) atoms. The molecule has 0 radical (unpaired) electrons. The number of methoxy groups -OCH3 is 1. The minimum Gasteiger partial charge on any atom is -0.348 e. The van der Waals surface area contributed by atoms with Crippen LogP contribution in [0.25, 0.3) is 0 Å². The number of allylic oxidation sites excluding steroid dienone is 1. The lowest BCUT2D eigenvalue weighted by molar-refractivity contribution is -0.299. The molecule has 0 aliphatic rings. The Labute approximate surface area is 75.3 Å². The lowest BCUT2D eigenvalue weighted by Gasteiger charge is -2.17. The Bertz CT molecular complexity index is 171. The van der Waals surface area contributed by atoms with Crippen LogP contribution in [0.15, 0.2) is 11.6 Å². The maximum Gasteiger partial charge on any atom is 0.440 e.